The average molecular weight is 180 g/mol. The van der Waals surface area contributed by atoms with E-state index in [1.54, 1.807) is 7.05 Å². The number of allylic oxidation sites excluding steroid dienone is 1. The molecule has 0 aliphatic rings. The number of rotatable bonds is 4. The van der Waals surface area contributed by atoms with Crippen LogP contribution in [0, 0.1) is 0 Å². The molecule has 72 valence electrons. The van der Waals surface area contributed by atoms with Crippen molar-refractivity contribution in [3.8, 4) is 0 Å². The highest BCUT2D eigenvalue weighted by atomic mass is 16.1. The maximum Gasteiger partial charge on any atom is 0.252 e. The van der Waals surface area contributed by atoms with Crippen LogP contribution >= 0.6 is 0 Å². The van der Waals surface area contributed by atoms with Gasteiger partial charge in [0.1, 0.15) is 0 Å². The van der Waals surface area contributed by atoms with E-state index in [2.05, 4.69) is 17.0 Å². The second kappa shape index (κ2) is 6.17. The highest BCUT2D eigenvalue weighted by Crippen LogP contribution is 2.05. The Morgan fingerprint density at radius 3 is 2.62 bits per heavy atom. The minimum absolute atomic E-state index is 0.139. The van der Waals surface area contributed by atoms with E-state index in [0.717, 1.165) is 12.0 Å². The smallest absolute Gasteiger partial charge is 0.252 e. The van der Waals surface area contributed by atoms with Gasteiger partial charge in [0.25, 0.3) is 5.91 Å². The molecule has 0 heterocycles. The fourth-order valence-electron chi connectivity index (χ4n) is 0.772. The number of nitrogens with one attached hydrogen (secondary N) is 1. The first kappa shape index (κ1) is 11.6. The molecule has 0 aliphatic heterocycles. The van der Waals surface area contributed by atoms with E-state index in [1.165, 1.54) is 6.20 Å². The summed E-state index contributed by atoms with van der Waals surface area (Å²) in [6, 6.07) is 0. The Bertz CT molecular complexity index is 252. The first-order chi connectivity index (χ1) is 6.15. The third-order valence-electron chi connectivity index (χ3n) is 1.68. The lowest BCUT2D eigenvalue weighted by atomic mass is 10.1. The van der Waals surface area contributed by atoms with Crippen molar-refractivity contribution in [2.24, 2.45) is 4.99 Å². The molecular weight excluding hydrogens is 164 g/mol. The Morgan fingerprint density at radius 1 is 1.62 bits per heavy atom. The predicted octanol–water partition coefficient (Wildman–Crippen LogP) is 1.67. The third kappa shape index (κ3) is 4.25. The number of carbonyl (C=O) groups excluding carboxylic acids is 1. The molecule has 0 aromatic heterocycles. The van der Waals surface area contributed by atoms with Crippen molar-refractivity contribution in [3.05, 3.63) is 23.4 Å². The topological polar surface area (TPSA) is 41.5 Å². The normalized spacial score (nSPS) is 12.5. The van der Waals surface area contributed by atoms with Crippen molar-refractivity contribution >= 4 is 12.6 Å². The van der Waals surface area contributed by atoms with Gasteiger partial charge in [0.2, 0.25) is 0 Å². The molecule has 0 radical (unpaired) electrons. The van der Waals surface area contributed by atoms with Crippen LogP contribution in [0.2, 0.25) is 0 Å². The van der Waals surface area contributed by atoms with E-state index in [4.69, 9.17) is 0 Å². The quantitative estimate of drug-likeness (QED) is 0.399. The molecule has 1 N–H and O–H groups in total. The van der Waals surface area contributed by atoms with Crippen LogP contribution in [0.25, 0.3) is 0 Å². The molecule has 0 aromatic carbocycles. The van der Waals surface area contributed by atoms with Gasteiger partial charge in [0.05, 0.1) is 5.57 Å². The van der Waals surface area contributed by atoms with Gasteiger partial charge >= 0.3 is 0 Å². The highest BCUT2D eigenvalue weighted by Gasteiger charge is 2.03. The Hall–Kier alpha value is -1.38. The molecular formula is C10H16N2O. The van der Waals surface area contributed by atoms with Gasteiger partial charge in [-0.05, 0) is 26.1 Å². The fraction of sp³-hybridized carbons (Fsp3) is 0.400. The number of likely N-dealkylation sites (N-methyl/N-ethyl adjacent to an activating group) is 1. The van der Waals surface area contributed by atoms with Crippen LogP contribution in [-0.2, 0) is 4.79 Å². The number of carbonyl (C=O) groups is 1. The number of nitrogens with zero attached hydrogens (tertiary/aromatic N) is 1. The van der Waals surface area contributed by atoms with E-state index in [9.17, 15) is 4.79 Å². The number of amides is 1. The summed E-state index contributed by atoms with van der Waals surface area (Å²) in [7, 11) is 1.59. The van der Waals surface area contributed by atoms with E-state index < -0.39 is 0 Å². The van der Waals surface area contributed by atoms with E-state index in [0.29, 0.717) is 5.57 Å². The van der Waals surface area contributed by atoms with Crippen molar-refractivity contribution in [3.63, 3.8) is 0 Å². The summed E-state index contributed by atoms with van der Waals surface area (Å²) >= 11 is 0. The maximum atomic E-state index is 11.2. The molecule has 0 aliphatic carbocycles. The molecule has 0 saturated heterocycles. The molecule has 0 bridgehead atoms. The summed E-state index contributed by atoms with van der Waals surface area (Å²) in [4.78, 5) is 14.8. The molecule has 3 nitrogen and oxygen atoms in total. The van der Waals surface area contributed by atoms with Gasteiger partial charge < -0.3 is 5.32 Å². The van der Waals surface area contributed by atoms with Crippen LogP contribution in [0.1, 0.15) is 20.3 Å². The van der Waals surface area contributed by atoms with Crippen molar-refractivity contribution in [1.29, 1.82) is 0 Å². The van der Waals surface area contributed by atoms with Crippen LogP contribution < -0.4 is 5.32 Å². The minimum Gasteiger partial charge on any atom is -0.355 e. The van der Waals surface area contributed by atoms with Crippen LogP contribution in [0.5, 0.6) is 0 Å². The van der Waals surface area contributed by atoms with Gasteiger partial charge in [-0.2, -0.15) is 0 Å². The van der Waals surface area contributed by atoms with E-state index in [1.807, 2.05) is 19.9 Å². The van der Waals surface area contributed by atoms with Gasteiger partial charge in [0.15, 0.2) is 0 Å². The maximum absolute atomic E-state index is 11.2. The molecule has 1 amide bonds. The fourth-order valence-corrected chi connectivity index (χ4v) is 0.772. The zero-order valence-electron chi connectivity index (χ0n) is 8.42. The molecule has 13 heavy (non-hydrogen) atoms. The molecule has 0 unspecified atom stereocenters. The van der Waals surface area contributed by atoms with Gasteiger partial charge in [-0.1, -0.05) is 12.5 Å². The summed E-state index contributed by atoms with van der Waals surface area (Å²) in [5.41, 5.74) is 1.68. The summed E-state index contributed by atoms with van der Waals surface area (Å²) in [6.45, 7) is 7.32. The molecule has 0 spiro atoms. The van der Waals surface area contributed by atoms with Crippen LogP contribution in [0.15, 0.2) is 28.4 Å². The van der Waals surface area contributed by atoms with Crippen LogP contribution in [-0.4, -0.2) is 19.7 Å². The molecule has 0 saturated carbocycles. The van der Waals surface area contributed by atoms with Gasteiger partial charge in [-0.3, -0.25) is 9.79 Å². The third-order valence-corrected chi connectivity index (χ3v) is 1.68. The molecule has 0 aromatic rings. The Morgan fingerprint density at radius 2 is 2.23 bits per heavy atom. The lowest BCUT2D eigenvalue weighted by Gasteiger charge is -2.00. The summed E-state index contributed by atoms with van der Waals surface area (Å²) in [5, 5.41) is 2.54. The Labute approximate surface area is 79.3 Å². The zero-order valence-corrected chi connectivity index (χ0v) is 8.42. The Kier molecular flexibility index (Phi) is 5.52. The molecule has 0 rings (SSSR count). The monoisotopic (exact) mass is 180 g/mol. The lowest BCUT2D eigenvalue weighted by Crippen LogP contribution is -2.19. The SMILES string of the molecule is C=N/C=C(\C=C(/C)CC)C(=O)NC. The first-order valence-electron chi connectivity index (χ1n) is 4.21. The van der Waals surface area contributed by atoms with Crippen molar-refractivity contribution < 1.29 is 4.79 Å². The van der Waals surface area contributed by atoms with Gasteiger partial charge in [-0.25, -0.2) is 0 Å². The highest BCUT2D eigenvalue weighted by molar-refractivity contribution is 5.96. The number of hydrogen-bond acceptors (Lipinski definition) is 2. The summed E-state index contributed by atoms with van der Waals surface area (Å²) in [6.07, 6.45) is 4.19. The predicted molar refractivity (Wildman–Crippen MR) is 55.7 cm³/mol. The number of hydrogen-bond donors (Lipinski definition) is 1. The second-order valence-electron chi connectivity index (χ2n) is 2.69. The van der Waals surface area contributed by atoms with E-state index >= 15 is 0 Å². The lowest BCUT2D eigenvalue weighted by molar-refractivity contribution is -0.116. The minimum atomic E-state index is -0.139. The standard InChI is InChI=1S/C10H16N2O/c1-5-8(2)6-9(7-11-3)10(13)12-4/h6-7H,3,5H2,1-2,4H3,(H,12,13)/b8-6+,9-7+. The first-order valence-corrected chi connectivity index (χ1v) is 4.21. The molecule has 3 heteroatoms. The van der Waals surface area contributed by atoms with E-state index in [-0.39, 0.29) is 5.91 Å². The van der Waals surface area contributed by atoms with Gasteiger partial charge in [0, 0.05) is 13.2 Å². The summed E-state index contributed by atoms with van der Waals surface area (Å²) in [5.74, 6) is -0.139. The van der Waals surface area contributed by atoms with Crippen molar-refractivity contribution in [2.45, 2.75) is 20.3 Å². The Balaban J connectivity index is 4.73. The largest absolute Gasteiger partial charge is 0.355 e. The molecule has 0 fully saturated rings. The zero-order chi connectivity index (χ0) is 10.3. The number of aliphatic imine (C=N–C) groups is 1. The van der Waals surface area contributed by atoms with Gasteiger partial charge in [-0.15, -0.1) is 0 Å². The second-order valence-corrected chi connectivity index (χ2v) is 2.69. The molecule has 0 atom stereocenters. The average Bonchev–Trinajstić information content (AvgIpc) is 2.15. The van der Waals surface area contributed by atoms with Crippen LogP contribution in [0.3, 0.4) is 0 Å². The van der Waals surface area contributed by atoms with Crippen LogP contribution in [0.4, 0.5) is 0 Å². The summed E-state index contributed by atoms with van der Waals surface area (Å²) < 4.78 is 0. The van der Waals surface area contributed by atoms with Crippen molar-refractivity contribution in [1.82, 2.24) is 5.32 Å². The van der Waals surface area contributed by atoms with Crippen molar-refractivity contribution in [2.75, 3.05) is 7.05 Å².